The second-order valence-electron chi connectivity index (χ2n) is 6.79. The molecule has 0 fully saturated rings. The topological polar surface area (TPSA) is 134 Å². The molecule has 0 aliphatic rings. The highest BCUT2D eigenvalue weighted by atomic mass is 32.2. The number of esters is 1. The van der Waals surface area contributed by atoms with Crippen molar-refractivity contribution in [3.63, 3.8) is 0 Å². The molecule has 0 unspecified atom stereocenters. The average molecular weight is 500 g/mol. The smallest absolute Gasteiger partial charge is 0.341 e. The first kappa shape index (κ1) is 23.4. The highest BCUT2D eigenvalue weighted by Crippen LogP contribution is 2.36. The number of nitrogens with one attached hydrogen (secondary N) is 1. The Balaban J connectivity index is 1.46. The van der Waals surface area contributed by atoms with E-state index in [9.17, 15) is 9.59 Å². The monoisotopic (exact) mass is 499 g/mol. The molecule has 0 aliphatic heterocycles. The Labute approximate surface area is 203 Å². The van der Waals surface area contributed by atoms with E-state index < -0.39 is 5.97 Å². The maximum Gasteiger partial charge on any atom is 0.341 e. The number of carbonyl (C=O) groups excluding carboxylic acids is 2. The number of methoxy groups -OCH3 is 1. The van der Waals surface area contributed by atoms with Gasteiger partial charge >= 0.3 is 5.97 Å². The predicted molar refractivity (Wildman–Crippen MR) is 129 cm³/mol. The number of furan rings is 1. The number of nitrogen functional groups attached to an aromatic ring is 1. The number of aromatic nitrogens is 3. The van der Waals surface area contributed by atoms with Gasteiger partial charge in [-0.25, -0.2) is 9.47 Å². The fourth-order valence-corrected chi connectivity index (χ4v) is 4.68. The highest BCUT2D eigenvalue weighted by molar-refractivity contribution is 7.99. The summed E-state index contributed by atoms with van der Waals surface area (Å²) in [6.45, 7) is 1.92. The van der Waals surface area contributed by atoms with E-state index in [1.165, 1.54) is 22.3 Å². The lowest BCUT2D eigenvalue weighted by Crippen LogP contribution is -2.17. The van der Waals surface area contributed by atoms with Gasteiger partial charge in [0.15, 0.2) is 5.82 Å². The molecule has 3 aromatic heterocycles. The van der Waals surface area contributed by atoms with E-state index in [1.54, 1.807) is 43.7 Å². The lowest BCUT2D eigenvalue weighted by Gasteiger charge is -2.08. The van der Waals surface area contributed by atoms with Gasteiger partial charge in [0.1, 0.15) is 22.1 Å². The number of hydrogen-bond acceptors (Lipinski definition) is 10. The third-order valence-corrected chi connectivity index (χ3v) is 6.49. The molecule has 4 aromatic rings. The summed E-state index contributed by atoms with van der Waals surface area (Å²) in [6.07, 6.45) is 1.51. The number of carbonyl (C=O) groups is 2. The van der Waals surface area contributed by atoms with Gasteiger partial charge in [-0.2, -0.15) is 0 Å². The second-order valence-corrected chi connectivity index (χ2v) is 8.61. The van der Waals surface area contributed by atoms with Crippen LogP contribution < -0.4 is 15.9 Å². The Morgan fingerprint density at radius 2 is 2.03 bits per heavy atom. The number of thioether (sulfide) groups is 1. The van der Waals surface area contributed by atoms with Crippen LogP contribution in [0.5, 0.6) is 5.75 Å². The molecule has 1 aromatic carbocycles. The first-order valence-corrected chi connectivity index (χ1v) is 12.0. The lowest BCUT2D eigenvalue weighted by atomic mass is 10.1. The first-order chi connectivity index (χ1) is 16.5. The van der Waals surface area contributed by atoms with Gasteiger partial charge in [-0.05, 0) is 43.3 Å². The van der Waals surface area contributed by atoms with E-state index in [4.69, 9.17) is 19.7 Å². The number of rotatable bonds is 9. The third kappa shape index (κ3) is 4.92. The molecule has 0 spiro atoms. The van der Waals surface area contributed by atoms with Crippen LogP contribution in [0.4, 0.5) is 5.00 Å². The van der Waals surface area contributed by atoms with Crippen molar-refractivity contribution in [1.29, 1.82) is 0 Å². The molecule has 3 N–H and O–H groups in total. The third-order valence-electron chi connectivity index (χ3n) is 4.66. The van der Waals surface area contributed by atoms with Crippen LogP contribution in [0.15, 0.2) is 57.6 Å². The summed E-state index contributed by atoms with van der Waals surface area (Å²) < 4.78 is 17.1. The Morgan fingerprint density at radius 1 is 1.24 bits per heavy atom. The molecule has 0 saturated heterocycles. The fraction of sp³-hybridized carbons (Fsp3) is 0.182. The number of anilines is 1. The van der Waals surface area contributed by atoms with Crippen LogP contribution >= 0.6 is 23.1 Å². The van der Waals surface area contributed by atoms with Crippen LogP contribution in [0.25, 0.3) is 22.7 Å². The van der Waals surface area contributed by atoms with Crippen LogP contribution in [0.1, 0.15) is 17.3 Å². The molecule has 0 radical (unpaired) electrons. The molecule has 0 atom stereocenters. The van der Waals surface area contributed by atoms with Crippen LogP contribution in [-0.4, -0.2) is 46.2 Å². The number of benzene rings is 1. The minimum atomic E-state index is -0.538. The predicted octanol–water partition coefficient (Wildman–Crippen LogP) is 3.90. The highest BCUT2D eigenvalue weighted by Gasteiger charge is 2.24. The van der Waals surface area contributed by atoms with Crippen molar-refractivity contribution in [1.82, 2.24) is 14.9 Å². The van der Waals surface area contributed by atoms with Crippen molar-refractivity contribution < 1.29 is 23.5 Å². The van der Waals surface area contributed by atoms with E-state index in [-0.39, 0.29) is 23.8 Å². The lowest BCUT2D eigenvalue weighted by molar-refractivity contribution is -0.113. The molecule has 3 heterocycles. The maximum atomic E-state index is 12.7. The molecule has 0 aliphatic carbocycles. The fourth-order valence-electron chi connectivity index (χ4n) is 3.07. The SMILES string of the molecule is CCOC(=O)c1c(-c2ccco2)csc1NC(=O)CSc1nnc(-c2ccc(OC)cc2)n1N. The Kier molecular flexibility index (Phi) is 7.18. The summed E-state index contributed by atoms with van der Waals surface area (Å²) in [4.78, 5) is 25.2. The van der Waals surface area contributed by atoms with Crippen LogP contribution in [-0.2, 0) is 9.53 Å². The molecule has 176 valence electrons. The average Bonchev–Trinajstić information content (AvgIpc) is 3.58. The standard InChI is InChI=1S/C22H21N5O5S2/c1-3-31-21(29)18-15(16-5-4-10-32-16)11-33-20(18)24-17(28)12-34-22-26-25-19(27(22)23)13-6-8-14(30-2)9-7-13/h4-11H,3,12,23H2,1-2H3,(H,24,28). The van der Waals surface area contributed by atoms with Crippen molar-refractivity contribution in [3.8, 4) is 28.5 Å². The Hall–Kier alpha value is -3.77. The summed E-state index contributed by atoms with van der Waals surface area (Å²) >= 11 is 2.34. The van der Waals surface area contributed by atoms with Gasteiger partial charge in [-0.3, -0.25) is 4.79 Å². The van der Waals surface area contributed by atoms with E-state index >= 15 is 0 Å². The van der Waals surface area contributed by atoms with Gasteiger partial charge in [0.25, 0.3) is 0 Å². The first-order valence-electron chi connectivity index (χ1n) is 10.1. The Morgan fingerprint density at radius 3 is 2.71 bits per heavy atom. The number of ether oxygens (including phenoxy) is 2. The summed E-state index contributed by atoms with van der Waals surface area (Å²) in [5, 5.41) is 13.5. The van der Waals surface area contributed by atoms with Gasteiger partial charge in [0.2, 0.25) is 11.1 Å². The van der Waals surface area contributed by atoms with Gasteiger partial charge < -0.3 is 25.1 Å². The van der Waals surface area contributed by atoms with E-state index in [2.05, 4.69) is 15.5 Å². The van der Waals surface area contributed by atoms with Crippen LogP contribution in [0, 0.1) is 0 Å². The van der Waals surface area contributed by atoms with E-state index in [0.29, 0.717) is 33.1 Å². The van der Waals surface area contributed by atoms with Gasteiger partial charge in [0.05, 0.1) is 25.7 Å². The molecule has 4 rings (SSSR count). The normalized spacial score (nSPS) is 10.8. The van der Waals surface area contributed by atoms with Crippen molar-refractivity contribution in [2.75, 3.05) is 30.6 Å². The van der Waals surface area contributed by atoms with Crippen molar-refractivity contribution in [2.45, 2.75) is 12.1 Å². The largest absolute Gasteiger partial charge is 0.497 e. The van der Waals surface area contributed by atoms with Gasteiger partial charge in [0, 0.05) is 16.5 Å². The molecular weight excluding hydrogens is 478 g/mol. The van der Waals surface area contributed by atoms with E-state index in [1.807, 2.05) is 12.1 Å². The van der Waals surface area contributed by atoms with Crippen LogP contribution in [0.3, 0.4) is 0 Å². The maximum absolute atomic E-state index is 12.7. The molecule has 34 heavy (non-hydrogen) atoms. The zero-order valence-electron chi connectivity index (χ0n) is 18.3. The van der Waals surface area contributed by atoms with Crippen molar-refractivity contribution in [3.05, 3.63) is 53.6 Å². The number of hydrogen-bond donors (Lipinski definition) is 2. The van der Waals surface area contributed by atoms with Crippen molar-refractivity contribution >= 4 is 40.0 Å². The zero-order valence-corrected chi connectivity index (χ0v) is 19.9. The molecule has 1 amide bonds. The summed E-state index contributed by atoms with van der Waals surface area (Å²) in [5.74, 6) is 6.95. The summed E-state index contributed by atoms with van der Waals surface area (Å²) in [5.41, 5.74) is 1.57. The molecule has 12 heteroatoms. The number of thiophene rings is 1. The van der Waals surface area contributed by atoms with Crippen molar-refractivity contribution in [2.24, 2.45) is 0 Å². The quantitative estimate of drug-likeness (QED) is 0.200. The Bertz CT molecular complexity index is 1280. The minimum absolute atomic E-state index is 0.00813. The number of nitrogens with two attached hydrogens (primary N) is 1. The van der Waals surface area contributed by atoms with Crippen LogP contribution in [0.2, 0.25) is 0 Å². The molecule has 10 nitrogen and oxygen atoms in total. The van der Waals surface area contributed by atoms with E-state index in [0.717, 1.165) is 17.3 Å². The van der Waals surface area contributed by atoms with Gasteiger partial charge in [-0.1, -0.05) is 11.8 Å². The zero-order chi connectivity index (χ0) is 24.1. The number of nitrogens with zero attached hydrogens (tertiary/aromatic N) is 3. The summed E-state index contributed by atoms with van der Waals surface area (Å²) in [7, 11) is 1.59. The second kappa shape index (κ2) is 10.4. The van der Waals surface area contributed by atoms with Gasteiger partial charge in [-0.15, -0.1) is 21.5 Å². The minimum Gasteiger partial charge on any atom is -0.497 e. The number of amides is 1. The molecule has 0 saturated carbocycles. The molecule has 0 bridgehead atoms. The summed E-state index contributed by atoms with van der Waals surface area (Å²) in [6, 6.07) is 10.7. The molecular formula is C22H21N5O5S2.